The molecule has 0 aromatic heterocycles. The summed E-state index contributed by atoms with van der Waals surface area (Å²) in [6, 6.07) is 28.5. The third-order valence-corrected chi connectivity index (χ3v) is 8.00. The molecule has 41 heavy (non-hydrogen) atoms. The largest absolute Gasteiger partial charge is 0.486 e. The van der Waals surface area contributed by atoms with Crippen LogP contribution in [0.1, 0.15) is 5.56 Å². The molecule has 0 radical (unpaired) electrons. The monoisotopic (exact) mass is 592 g/mol. The maximum absolute atomic E-state index is 13.3. The lowest BCUT2D eigenvalue weighted by atomic mass is 10.0. The Morgan fingerprint density at radius 1 is 0.829 bits per heavy atom. The van der Waals surface area contributed by atoms with Crippen LogP contribution in [0.3, 0.4) is 0 Å². The fourth-order valence-electron chi connectivity index (χ4n) is 6.00. The number of nitrogens with zero attached hydrogens (tertiary/aromatic N) is 3. The summed E-state index contributed by atoms with van der Waals surface area (Å²) >= 11 is 0. The van der Waals surface area contributed by atoms with Gasteiger partial charge in [-0.1, -0.05) is 48.5 Å². The first-order chi connectivity index (χ1) is 19.2. The second-order valence-electron chi connectivity index (χ2n) is 10.5. The van der Waals surface area contributed by atoms with Gasteiger partial charge in [0.15, 0.2) is 11.5 Å². The number of nitrogens with one attached hydrogen (secondary N) is 1. The van der Waals surface area contributed by atoms with Crippen LogP contribution in [0.15, 0.2) is 84.9 Å². The molecule has 7 nitrogen and oxygen atoms in total. The quantitative estimate of drug-likeness (QED) is 0.304. The van der Waals surface area contributed by atoms with Gasteiger partial charge in [0.2, 0.25) is 0 Å². The Morgan fingerprint density at radius 2 is 1.61 bits per heavy atom. The molecule has 7 rings (SSSR count). The van der Waals surface area contributed by atoms with Crippen molar-refractivity contribution in [3.8, 4) is 11.5 Å². The molecule has 3 heterocycles. The Labute approximate surface area is 252 Å². The van der Waals surface area contributed by atoms with Crippen LogP contribution in [-0.4, -0.2) is 62.9 Å². The molecule has 3 aliphatic heterocycles. The number of rotatable bonds is 4. The van der Waals surface area contributed by atoms with E-state index in [9.17, 15) is 4.79 Å². The lowest BCUT2D eigenvalue weighted by molar-refractivity contribution is 0.0571. The summed E-state index contributed by atoms with van der Waals surface area (Å²) in [5.41, 5.74) is 4.21. The number of hydrogen-bond acceptors (Lipinski definition) is 5. The zero-order chi connectivity index (χ0) is 26.2. The van der Waals surface area contributed by atoms with E-state index in [0.29, 0.717) is 13.2 Å². The van der Waals surface area contributed by atoms with Gasteiger partial charge in [-0.05, 0) is 59.2 Å². The third-order valence-electron chi connectivity index (χ3n) is 8.00. The van der Waals surface area contributed by atoms with Gasteiger partial charge in [-0.3, -0.25) is 9.80 Å². The van der Waals surface area contributed by atoms with Gasteiger partial charge in [0, 0.05) is 56.3 Å². The first kappa shape index (κ1) is 28.9. The van der Waals surface area contributed by atoms with Crippen molar-refractivity contribution < 1.29 is 14.3 Å². The van der Waals surface area contributed by atoms with E-state index >= 15 is 0 Å². The van der Waals surface area contributed by atoms with Gasteiger partial charge in [0.05, 0.1) is 0 Å². The molecule has 3 aliphatic rings. The highest BCUT2D eigenvalue weighted by Gasteiger charge is 2.27. The molecule has 4 aromatic carbocycles. The van der Waals surface area contributed by atoms with Gasteiger partial charge >= 0.3 is 6.03 Å². The number of ether oxygens (including phenoxy) is 2. The normalized spacial score (nSPS) is 17.8. The molecule has 0 aliphatic carbocycles. The van der Waals surface area contributed by atoms with E-state index in [-0.39, 0.29) is 36.9 Å². The summed E-state index contributed by atoms with van der Waals surface area (Å²) in [7, 11) is 0. The first-order valence-electron chi connectivity index (χ1n) is 13.8. The van der Waals surface area contributed by atoms with Crippen molar-refractivity contribution in [3.05, 3.63) is 90.5 Å². The highest BCUT2D eigenvalue weighted by Crippen LogP contribution is 2.35. The summed E-state index contributed by atoms with van der Waals surface area (Å²) < 4.78 is 12.0. The van der Waals surface area contributed by atoms with Gasteiger partial charge in [0.1, 0.15) is 12.7 Å². The Hall–Kier alpha value is -3.65. The van der Waals surface area contributed by atoms with Crippen LogP contribution in [0.25, 0.3) is 10.8 Å². The van der Waals surface area contributed by atoms with Crippen LogP contribution in [-0.2, 0) is 6.42 Å². The van der Waals surface area contributed by atoms with E-state index in [1.54, 1.807) is 0 Å². The standard InChI is InChI=1S/C32H32N4O3.2ClH/c37-32(36-15-14-28-27-9-2-1-6-23(27)12-13-29(28)36)33-24-7-5-8-25(20-24)35-18-16-34(17-19-35)21-26-22-38-30-10-3-4-11-31(30)39-26;;/h1-13,20,26H,14-19,21-22H2,(H,33,37);2*1H. The smallest absolute Gasteiger partial charge is 0.326 e. The Balaban J connectivity index is 0.00000169. The number of carbonyl (C=O) groups excluding carboxylic acids is 1. The Bertz CT molecular complexity index is 1530. The Kier molecular flexibility index (Phi) is 8.78. The van der Waals surface area contributed by atoms with Crippen LogP contribution in [0.5, 0.6) is 11.5 Å². The van der Waals surface area contributed by atoms with Crippen LogP contribution >= 0.6 is 24.8 Å². The molecule has 1 unspecified atom stereocenters. The van der Waals surface area contributed by atoms with Gasteiger partial charge < -0.3 is 19.7 Å². The summed E-state index contributed by atoms with van der Waals surface area (Å²) in [6.45, 7) is 5.88. The van der Waals surface area contributed by atoms with Crippen molar-refractivity contribution in [3.63, 3.8) is 0 Å². The maximum atomic E-state index is 13.3. The molecule has 1 N–H and O–H groups in total. The zero-order valence-electron chi connectivity index (χ0n) is 22.7. The minimum absolute atomic E-state index is 0. The van der Waals surface area contributed by atoms with E-state index in [1.165, 1.54) is 16.3 Å². The summed E-state index contributed by atoms with van der Waals surface area (Å²) in [6.07, 6.45) is 0.914. The van der Waals surface area contributed by atoms with Gasteiger partial charge in [-0.2, -0.15) is 0 Å². The summed E-state index contributed by atoms with van der Waals surface area (Å²) in [4.78, 5) is 20.0. The number of amides is 2. The van der Waals surface area contributed by atoms with Crippen LogP contribution < -0.4 is 24.6 Å². The second kappa shape index (κ2) is 12.5. The van der Waals surface area contributed by atoms with Crippen LogP contribution in [0, 0.1) is 0 Å². The average Bonchev–Trinajstić information content (AvgIpc) is 3.43. The summed E-state index contributed by atoms with van der Waals surface area (Å²) in [5, 5.41) is 5.60. The van der Waals surface area contributed by atoms with Crippen molar-refractivity contribution in [1.82, 2.24) is 4.90 Å². The highest BCUT2D eigenvalue weighted by atomic mass is 35.5. The van der Waals surface area contributed by atoms with E-state index < -0.39 is 0 Å². The highest BCUT2D eigenvalue weighted by molar-refractivity contribution is 6.06. The van der Waals surface area contributed by atoms with E-state index in [4.69, 9.17) is 9.47 Å². The number of para-hydroxylation sites is 2. The van der Waals surface area contributed by atoms with Crippen molar-refractivity contribution >= 4 is 58.7 Å². The number of fused-ring (bicyclic) bond motifs is 4. The molecular formula is C32H34Cl2N4O3. The number of benzene rings is 4. The fourth-order valence-corrected chi connectivity index (χ4v) is 6.00. The van der Waals surface area contributed by atoms with E-state index in [2.05, 4.69) is 63.6 Å². The molecular weight excluding hydrogens is 559 g/mol. The number of urea groups is 1. The lowest BCUT2D eigenvalue weighted by Gasteiger charge is -2.38. The molecule has 1 fully saturated rings. The molecule has 4 aromatic rings. The van der Waals surface area contributed by atoms with Crippen LogP contribution in [0.4, 0.5) is 21.9 Å². The van der Waals surface area contributed by atoms with Crippen LogP contribution in [0.2, 0.25) is 0 Å². The Morgan fingerprint density at radius 3 is 2.46 bits per heavy atom. The molecule has 1 saturated heterocycles. The predicted octanol–water partition coefficient (Wildman–Crippen LogP) is 6.24. The van der Waals surface area contributed by atoms with Gasteiger partial charge in [0.25, 0.3) is 0 Å². The van der Waals surface area contributed by atoms with Crippen molar-refractivity contribution in [2.45, 2.75) is 12.5 Å². The maximum Gasteiger partial charge on any atom is 0.326 e. The zero-order valence-corrected chi connectivity index (χ0v) is 24.3. The minimum Gasteiger partial charge on any atom is -0.486 e. The van der Waals surface area contributed by atoms with E-state index in [0.717, 1.165) is 67.7 Å². The van der Waals surface area contributed by atoms with Gasteiger partial charge in [-0.25, -0.2) is 4.79 Å². The number of carbonyl (C=O) groups is 1. The number of hydrogen-bond donors (Lipinski definition) is 1. The third kappa shape index (κ3) is 5.89. The predicted molar refractivity (Wildman–Crippen MR) is 170 cm³/mol. The van der Waals surface area contributed by atoms with Crippen molar-refractivity contribution in [2.75, 3.05) is 61.0 Å². The molecule has 0 bridgehead atoms. The minimum atomic E-state index is -0.0812. The fraction of sp³-hybridized carbons (Fsp3) is 0.281. The van der Waals surface area contributed by atoms with Crippen molar-refractivity contribution in [2.24, 2.45) is 0 Å². The van der Waals surface area contributed by atoms with Gasteiger partial charge in [-0.15, -0.1) is 24.8 Å². The average molecular weight is 594 g/mol. The number of anilines is 3. The first-order valence-corrected chi connectivity index (χ1v) is 13.8. The van der Waals surface area contributed by atoms with E-state index in [1.807, 2.05) is 41.3 Å². The number of halogens is 2. The molecule has 0 saturated carbocycles. The second-order valence-corrected chi connectivity index (χ2v) is 10.5. The molecule has 0 spiro atoms. The molecule has 1 atom stereocenters. The molecule has 9 heteroatoms. The summed E-state index contributed by atoms with van der Waals surface area (Å²) in [5.74, 6) is 1.66. The lowest BCUT2D eigenvalue weighted by Crippen LogP contribution is -2.50. The number of piperazine rings is 1. The molecule has 2 amide bonds. The topological polar surface area (TPSA) is 57.3 Å². The SMILES string of the molecule is Cl.Cl.O=C(Nc1cccc(N2CCN(CC3COc4ccccc4O3)CC2)c1)N1CCc2c1ccc1ccccc21. The molecule has 214 valence electrons. The van der Waals surface area contributed by atoms with Crippen molar-refractivity contribution in [1.29, 1.82) is 0 Å².